The predicted octanol–water partition coefficient (Wildman–Crippen LogP) is 3.67. The number of H-pyrrole nitrogens is 1. The molecule has 0 saturated carbocycles. The number of aromatic nitrogens is 4. The van der Waals surface area contributed by atoms with Crippen LogP contribution in [0.15, 0.2) is 54.9 Å². The van der Waals surface area contributed by atoms with Crippen molar-refractivity contribution in [1.82, 2.24) is 24.9 Å². The van der Waals surface area contributed by atoms with Gasteiger partial charge in [0.2, 0.25) is 5.91 Å². The minimum atomic E-state index is -0.372. The number of carbonyl (C=O) groups is 1. The highest BCUT2D eigenvalue weighted by molar-refractivity contribution is 5.78. The van der Waals surface area contributed by atoms with Crippen molar-refractivity contribution >= 4 is 17.8 Å². The van der Waals surface area contributed by atoms with Gasteiger partial charge in [0.25, 0.3) is 0 Å². The summed E-state index contributed by atoms with van der Waals surface area (Å²) in [6.45, 7) is 10.8. The lowest BCUT2D eigenvalue weighted by molar-refractivity contribution is -0.131. The van der Waals surface area contributed by atoms with Crippen LogP contribution in [0.5, 0.6) is 0 Å². The zero-order valence-corrected chi connectivity index (χ0v) is 16.0. The number of rotatable bonds is 7. The summed E-state index contributed by atoms with van der Waals surface area (Å²) in [4.78, 5) is 17.4. The molecule has 7 heteroatoms. The molecule has 0 atom stereocenters. The minimum Gasteiger partial charge on any atom is -0.353 e. The third kappa shape index (κ3) is 4.19. The summed E-state index contributed by atoms with van der Waals surface area (Å²) in [6.07, 6.45) is 9.44. The van der Waals surface area contributed by atoms with E-state index >= 15 is 4.39 Å². The average molecular weight is 381 g/mol. The Bertz CT molecular complexity index is 936. The van der Waals surface area contributed by atoms with Gasteiger partial charge >= 0.3 is 0 Å². The predicted molar refractivity (Wildman–Crippen MR) is 108 cm³/mol. The van der Waals surface area contributed by atoms with E-state index in [2.05, 4.69) is 28.5 Å². The SMILES string of the molecule is C=C/C(C1=CCCN(C(=O)CCn2ccnn2)C1)=C(/F)c1[nH]c(C=C)cc1C. The van der Waals surface area contributed by atoms with Gasteiger partial charge in [-0.2, -0.15) is 0 Å². The number of aryl methyl sites for hydroxylation is 2. The van der Waals surface area contributed by atoms with E-state index in [9.17, 15) is 4.79 Å². The van der Waals surface area contributed by atoms with E-state index in [-0.39, 0.29) is 11.7 Å². The molecule has 0 bridgehead atoms. The molecule has 2 aromatic heterocycles. The van der Waals surface area contributed by atoms with Gasteiger partial charge < -0.3 is 9.88 Å². The molecule has 0 radical (unpaired) electrons. The third-order valence-electron chi connectivity index (χ3n) is 4.79. The van der Waals surface area contributed by atoms with Crippen LogP contribution in [0.2, 0.25) is 0 Å². The Labute approximate surface area is 163 Å². The lowest BCUT2D eigenvalue weighted by Gasteiger charge is -2.28. The maximum atomic E-state index is 15.2. The Morgan fingerprint density at radius 2 is 2.25 bits per heavy atom. The first-order valence-corrected chi connectivity index (χ1v) is 9.19. The molecule has 0 spiro atoms. The van der Waals surface area contributed by atoms with E-state index in [4.69, 9.17) is 0 Å². The van der Waals surface area contributed by atoms with Crippen molar-refractivity contribution in [2.75, 3.05) is 13.1 Å². The van der Waals surface area contributed by atoms with Crippen molar-refractivity contribution in [1.29, 1.82) is 0 Å². The Balaban J connectivity index is 1.76. The summed E-state index contributed by atoms with van der Waals surface area (Å²) < 4.78 is 16.9. The van der Waals surface area contributed by atoms with Crippen molar-refractivity contribution in [3.63, 3.8) is 0 Å². The first-order valence-electron chi connectivity index (χ1n) is 9.19. The summed E-state index contributed by atoms with van der Waals surface area (Å²) in [5.41, 5.74) is 3.15. The van der Waals surface area contributed by atoms with Crippen molar-refractivity contribution in [2.24, 2.45) is 0 Å². The first kappa shape index (κ1) is 19.5. The smallest absolute Gasteiger partial charge is 0.224 e. The highest BCUT2D eigenvalue weighted by atomic mass is 19.1. The molecule has 0 unspecified atom stereocenters. The molecule has 1 amide bonds. The molecule has 0 aliphatic carbocycles. The number of halogens is 1. The number of allylic oxidation sites excluding steroid dienone is 1. The molecule has 28 heavy (non-hydrogen) atoms. The first-order chi connectivity index (χ1) is 13.5. The molecule has 1 aliphatic rings. The second kappa shape index (κ2) is 8.65. The third-order valence-corrected chi connectivity index (χ3v) is 4.79. The summed E-state index contributed by atoms with van der Waals surface area (Å²) in [5, 5.41) is 7.60. The van der Waals surface area contributed by atoms with Gasteiger partial charge in [-0.05, 0) is 36.6 Å². The second-order valence-corrected chi connectivity index (χ2v) is 6.67. The molecule has 0 saturated heterocycles. The molecule has 2 aromatic rings. The van der Waals surface area contributed by atoms with Gasteiger partial charge in [0.05, 0.1) is 18.4 Å². The van der Waals surface area contributed by atoms with Crippen LogP contribution < -0.4 is 0 Å². The fraction of sp³-hybridized carbons (Fsp3) is 0.286. The fourth-order valence-electron chi connectivity index (χ4n) is 3.29. The van der Waals surface area contributed by atoms with Crippen LogP contribution in [0, 0.1) is 6.92 Å². The molecule has 6 nitrogen and oxygen atoms in total. The number of hydrogen-bond acceptors (Lipinski definition) is 3. The number of aromatic amines is 1. The van der Waals surface area contributed by atoms with E-state index < -0.39 is 0 Å². The highest BCUT2D eigenvalue weighted by Gasteiger charge is 2.22. The van der Waals surface area contributed by atoms with Crippen LogP contribution in [0.1, 0.15) is 29.8 Å². The number of amides is 1. The maximum Gasteiger partial charge on any atom is 0.224 e. The summed E-state index contributed by atoms with van der Waals surface area (Å²) >= 11 is 0. The van der Waals surface area contributed by atoms with E-state index in [1.54, 1.807) is 28.1 Å². The van der Waals surface area contributed by atoms with Crippen LogP contribution >= 0.6 is 0 Å². The number of nitrogens with one attached hydrogen (secondary N) is 1. The molecule has 1 aliphatic heterocycles. The zero-order valence-electron chi connectivity index (χ0n) is 16.0. The topological polar surface area (TPSA) is 66.8 Å². The monoisotopic (exact) mass is 381 g/mol. The van der Waals surface area contributed by atoms with Gasteiger partial charge in [-0.1, -0.05) is 30.5 Å². The standard InChI is InChI=1S/C21H24FN5O/c1-4-17-13-15(3)21(24-17)20(22)18(5-2)16-7-6-10-26(14-16)19(28)8-11-27-12-9-23-25-27/h4-5,7,9,12-13,24H,1-2,6,8,10-11,14H2,3H3/b20-18-. The van der Waals surface area contributed by atoms with Gasteiger partial charge in [0, 0.05) is 37.0 Å². The Hall–Kier alpha value is -3.22. The Kier molecular flexibility index (Phi) is 6.03. The van der Waals surface area contributed by atoms with Gasteiger partial charge in [0.1, 0.15) is 0 Å². The maximum absolute atomic E-state index is 15.2. The van der Waals surface area contributed by atoms with Crippen molar-refractivity contribution in [3.8, 4) is 0 Å². The zero-order chi connectivity index (χ0) is 20.1. The highest BCUT2D eigenvalue weighted by Crippen LogP contribution is 2.30. The lowest BCUT2D eigenvalue weighted by Crippen LogP contribution is -2.36. The molecule has 0 fully saturated rings. The van der Waals surface area contributed by atoms with Crippen molar-refractivity contribution < 1.29 is 9.18 Å². The van der Waals surface area contributed by atoms with Gasteiger partial charge in [-0.3, -0.25) is 9.48 Å². The Morgan fingerprint density at radius 1 is 1.43 bits per heavy atom. The van der Waals surface area contributed by atoms with Gasteiger partial charge in [-0.15, -0.1) is 5.10 Å². The van der Waals surface area contributed by atoms with Crippen molar-refractivity contribution in [3.05, 3.63) is 71.9 Å². The lowest BCUT2D eigenvalue weighted by atomic mass is 9.98. The molecule has 3 rings (SSSR count). The summed E-state index contributed by atoms with van der Waals surface area (Å²) in [7, 11) is 0. The molecular formula is C21H24FN5O. The second-order valence-electron chi connectivity index (χ2n) is 6.67. The fourth-order valence-corrected chi connectivity index (χ4v) is 3.29. The van der Waals surface area contributed by atoms with E-state index in [0.29, 0.717) is 43.7 Å². The Morgan fingerprint density at radius 3 is 2.89 bits per heavy atom. The molecule has 3 heterocycles. The molecule has 1 N–H and O–H groups in total. The molecular weight excluding hydrogens is 357 g/mol. The molecule has 0 aromatic carbocycles. The van der Waals surface area contributed by atoms with Gasteiger partial charge in [0.15, 0.2) is 5.83 Å². The minimum absolute atomic E-state index is 0.00918. The van der Waals surface area contributed by atoms with Crippen LogP contribution in [-0.2, 0) is 11.3 Å². The number of nitrogens with zero attached hydrogens (tertiary/aromatic N) is 4. The van der Waals surface area contributed by atoms with Gasteiger partial charge in [-0.25, -0.2) is 4.39 Å². The molecule has 146 valence electrons. The number of carbonyl (C=O) groups excluding carboxylic acids is 1. The summed E-state index contributed by atoms with van der Waals surface area (Å²) in [5.74, 6) is -0.362. The van der Waals surface area contributed by atoms with Crippen LogP contribution in [0.3, 0.4) is 0 Å². The number of hydrogen-bond donors (Lipinski definition) is 1. The van der Waals surface area contributed by atoms with Crippen LogP contribution in [0.25, 0.3) is 11.9 Å². The van der Waals surface area contributed by atoms with E-state index in [0.717, 1.165) is 16.8 Å². The van der Waals surface area contributed by atoms with Crippen LogP contribution in [0.4, 0.5) is 4.39 Å². The van der Waals surface area contributed by atoms with E-state index in [1.165, 1.54) is 6.08 Å². The van der Waals surface area contributed by atoms with Crippen LogP contribution in [-0.4, -0.2) is 43.9 Å². The average Bonchev–Trinajstić information content (AvgIpc) is 3.36. The van der Waals surface area contributed by atoms with Crippen molar-refractivity contribution in [2.45, 2.75) is 26.3 Å². The largest absolute Gasteiger partial charge is 0.353 e. The summed E-state index contributed by atoms with van der Waals surface area (Å²) in [6, 6.07) is 1.85. The normalized spacial score (nSPS) is 15.1. The quantitative estimate of drug-likeness (QED) is 0.744. The van der Waals surface area contributed by atoms with E-state index in [1.807, 2.05) is 19.1 Å².